The Morgan fingerprint density at radius 3 is 2.80 bits per heavy atom. The Hall–Kier alpha value is -0.900. The minimum atomic E-state index is 0.661. The number of aryl methyl sites for hydroxylation is 1. The van der Waals surface area contributed by atoms with Crippen LogP contribution in [0.4, 0.5) is 0 Å². The lowest BCUT2D eigenvalue weighted by molar-refractivity contribution is 0.394. The SMILES string of the molecule is Cn1c(C2CCC2)nc2cncc(Br)c21. The molecule has 0 N–H and O–H groups in total. The molecule has 4 heteroatoms. The highest BCUT2D eigenvalue weighted by Gasteiger charge is 2.25. The normalized spacial score (nSPS) is 16.9. The first-order valence-corrected chi connectivity index (χ1v) is 6.02. The van der Waals surface area contributed by atoms with E-state index in [0.29, 0.717) is 5.92 Å². The van der Waals surface area contributed by atoms with Gasteiger partial charge < -0.3 is 4.57 Å². The van der Waals surface area contributed by atoms with Crippen molar-refractivity contribution in [3.8, 4) is 0 Å². The van der Waals surface area contributed by atoms with Gasteiger partial charge in [0, 0.05) is 19.2 Å². The number of pyridine rings is 1. The van der Waals surface area contributed by atoms with Crippen LogP contribution in [0.5, 0.6) is 0 Å². The fourth-order valence-corrected chi connectivity index (χ4v) is 2.76. The third-order valence-electron chi connectivity index (χ3n) is 3.24. The highest BCUT2D eigenvalue weighted by molar-refractivity contribution is 9.10. The summed E-state index contributed by atoms with van der Waals surface area (Å²) in [6.07, 6.45) is 7.56. The summed E-state index contributed by atoms with van der Waals surface area (Å²) in [5.74, 6) is 1.87. The summed E-state index contributed by atoms with van der Waals surface area (Å²) in [6, 6.07) is 0. The van der Waals surface area contributed by atoms with Crippen LogP contribution in [0.3, 0.4) is 0 Å². The predicted octanol–water partition coefficient (Wildman–Crippen LogP) is 3.00. The number of fused-ring (bicyclic) bond motifs is 1. The maximum absolute atomic E-state index is 4.67. The Balaban J connectivity index is 2.24. The molecular weight excluding hydrogens is 254 g/mol. The van der Waals surface area contributed by atoms with Crippen molar-refractivity contribution in [2.45, 2.75) is 25.2 Å². The summed E-state index contributed by atoms with van der Waals surface area (Å²) in [4.78, 5) is 8.81. The summed E-state index contributed by atoms with van der Waals surface area (Å²) in [7, 11) is 2.09. The van der Waals surface area contributed by atoms with Crippen molar-refractivity contribution in [1.29, 1.82) is 0 Å². The molecule has 15 heavy (non-hydrogen) atoms. The van der Waals surface area contributed by atoms with Crippen LogP contribution in [0.25, 0.3) is 11.0 Å². The maximum atomic E-state index is 4.67. The monoisotopic (exact) mass is 265 g/mol. The van der Waals surface area contributed by atoms with Crippen molar-refractivity contribution in [2.75, 3.05) is 0 Å². The summed E-state index contributed by atoms with van der Waals surface area (Å²) in [5.41, 5.74) is 2.15. The number of rotatable bonds is 1. The van der Waals surface area contributed by atoms with E-state index >= 15 is 0 Å². The molecule has 2 aromatic heterocycles. The second-order valence-electron chi connectivity index (χ2n) is 4.15. The van der Waals surface area contributed by atoms with E-state index in [9.17, 15) is 0 Å². The van der Waals surface area contributed by atoms with Crippen LogP contribution in [0.15, 0.2) is 16.9 Å². The van der Waals surface area contributed by atoms with Crippen LogP contribution in [0, 0.1) is 0 Å². The Bertz CT molecular complexity index is 514. The number of hydrogen-bond acceptors (Lipinski definition) is 2. The Kier molecular flexibility index (Phi) is 2.06. The highest BCUT2D eigenvalue weighted by atomic mass is 79.9. The number of hydrogen-bond donors (Lipinski definition) is 0. The quantitative estimate of drug-likeness (QED) is 0.794. The first-order chi connectivity index (χ1) is 7.27. The largest absolute Gasteiger partial charge is 0.330 e. The molecule has 1 aliphatic rings. The topological polar surface area (TPSA) is 30.7 Å². The second kappa shape index (κ2) is 3.30. The fourth-order valence-electron chi connectivity index (χ4n) is 2.18. The lowest BCUT2D eigenvalue weighted by atomic mass is 9.85. The van der Waals surface area contributed by atoms with Crippen LogP contribution < -0.4 is 0 Å². The molecule has 0 amide bonds. The van der Waals surface area contributed by atoms with E-state index in [2.05, 4.69) is 37.5 Å². The number of imidazole rings is 1. The van der Waals surface area contributed by atoms with Gasteiger partial charge in [0.2, 0.25) is 0 Å². The van der Waals surface area contributed by atoms with E-state index in [1.807, 2.05) is 12.4 Å². The van der Waals surface area contributed by atoms with E-state index in [1.54, 1.807) is 0 Å². The van der Waals surface area contributed by atoms with Gasteiger partial charge in [0.25, 0.3) is 0 Å². The van der Waals surface area contributed by atoms with Gasteiger partial charge in [-0.1, -0.05) is 6.42 Å². The molecule has 0 spiro atoms. The second-order valence-corrected chi connectivity index (χ2v) is 5.00. The number of halogens is 1. The van der Waals surface area contributed by atoms with Crippen LogP contribution in [-0.4, -0.2) is 14.5 Å². The molecule has 3 rings (SSSR count). The summed E-state index contributed by atoms with van der Waals surface area (Å²) >= 11 is 3.53. The Morgan fingerprint density at radius 2 is 2.20 bits per heavy atom. The van der Waals surface area contributed by atoms with Gasteiger partial charge in [-0.15, -0.1) is 0 Å². The van der Waals surface area contributed by atoms with E-state index in [-0.39, 0.29) is 0 Å². The fraction of sp³-hybridized carbons (Fsp3) is 0.455. The van der Waals surface area contributed by atoms with Crippen molar-refractivity contribution in [3.63, 3.8) is 0 Å². The first-order valence-electron chi connectivity index (χ1n) is 5.23. The molecule has 1 fully saturated rings. The molecule has 0 bridgehead atoms. The van der Waals surface area contributed by atoms with E-state index in [4.69, 9.17) is 0 Å². The smallest absolute Gasteiger partial charge is 0.112 e. The van der Waals surface area contributed by atoms with Crippen molar-refractivity contribution in [3.05, 3.63) is 22.7 Å². The summed E-state index contributed by atoms with van der Waals surface area (Å²) in [6.45, 7) is 0. The molecule has 2 aromatic rings. The molecule has 78 valence electrons. The lowest BCUT2D eigenvalue weighted by Gasteiger charge is -2.24. The average molecular weight is 266 g/mol. The molecule has 0 radical (unpaired) electrons. The molecule has 0 aliphatic heterocycles. The summed E-state index contributed by atoms with van der Waals surface area (Å²) in [5, 5.41) is 0. The molecule has 3 nitrogen and oxygen atoms in total. The van der Waals surface area contributed by atoms with Crippen LogP contribution in [-0.2, 0) is 7.05 Å². The maximum Gasteiger partial charge on any atom is 0.112 e. The van der Waals surface area contributed by atoms with E-state index < -0.39 is 0 Å². The van der Waals surface area contributed by atoms with Gasteiger partial charge in [0.05, 0.1) is 16.2 Å². The zero-order valence-electron chi connectivity index (χ0n) is 8.57. The molecule has 1 aliphatic carbocycles. The van der Waals surface area contributed by atoms with Gasteiger partial charge in [-0.2, -0.15) is 0 Å². The third-order valence-corrected chi connectivity index (χ3v) is 3.82. The standard InChI is InChI=1S/C11H12BrN3/c1-15-10-8(12)5-13-6-9(10)14-11(15)7-3-2-4-7/h5-7H,2-4H2,1H3. The minimum absolute atomic E-state index is 0.661. The molecule has 0 aromatic carbocycles. The van der Waals surface area contributed by atoms with Gasteiger partial charge in [0.15, 0.2) is 0 Å². The lowest BCUT2D eigenvalue weighted by Crippen LogP contribution is -2.13. The Morgan fingerprint density at radius 1 is 1.40 bits per heavy atom. The first kappa shape index (κ1) is 9.33. The number of nitrogens with zero attached hydrogens (tertiary/aromatic N) is 3. The molecule has 0 atom stereocenters. The van der Waals surface area contributed by atoms with Crippen molar-refractivity contribution in [1.82, 2.24) is 14.5 Å². The van der Waals surface area contributed by atoms with Crippen LogP contribution in [0.2, 0.25) is 0 Å². The van der Waals surface area contributed by atoms with E-state index in [0.717, 1.165) is 15.5 Å². The number of aromatic nitrogens is 3. The predicted molar refractivity (Wildman–Crippen MR) is 62.8 cm³/mol. The van der Waals surface area contributed by atoms with Gasteiger partial charge in [0.1, 0.15) is 11.3 Å². The highest BCUT2D eigenvalue weighted by Crippen LogP contribution is 2.37. The summed E-state index contributed by atoms with van der Waals surface area (Å²) < 4.78 is 3.23. The zero-order chi connectivity index (χ0) is 10.4. The molecule has 0 saturated heterocycles. The van der Waals surface area contributed by atoms with Gasteiger partial charge >= 0.3 is 0 Å². The van der Waals surface area contributed by atoms with Crippen molar-refractivity contribution < 1.29 is 0 Å². The van der Waals surface area contributed by atoms with Gasteiger partial charge in [-0.3, -0.25) is 4.98 Å². The van der Waals surface area contributed by atoms with E-state index in [1.165, 1.54) is 25.1 Å². The third kappa shape index (κ3) is 1.31. The minimum Gasteiger partial charge on any atom is -0.330 e. The molecular formula is C11H12BrN3. The molecule has 0 unspecified atom stereocenters. The van der Waals surface area contributed by atoms with Crippen LogP contribution >= 0.6 is 15.9 Å². The van der Waals surface area contributed by atoms with Gasteiger partial charge in [-0.25, -0.2) is 4.98 Å². The Labute approximate surface area is 96.7 Å². The molecule has 2 heterocycles. The van der Waals surface area contributed by atoms with Gasteiger partial charge in [-0.05, 0) is 28.8 Å². The molecule has 1 saturated carbocycles. The van der Waals surface area contributed by atoms with Crippen LogP contribution in [0.1, 0.15) is 31.0 Å². The zero-order valence-corrected chi connectivity index (χ0v) is 10.2. The van der Waals surface area contributed by atoms with Crippen molar-refractivity contribution >= 4 is 27.0 Å². The average Bonchev–Trinajstić information content (AvgIpc) is 2.43. The van der Waals surface area contributed by atoms with Crippen molar-refractivity contribution in [2.24, 2.45) is 7.05 Å².